The number of aromatic carboxylic acids is 1. The predicted molar refractivity (Wildman–Crippen MR) is 126 cm³/mol. The van der Waals surface area contributed by atoms with E-state index in [1.165, 1.54) is 0 Å². The second-order valence-electron chi connectivity index (χ2n) is 7.90. The smallest absolute Gasteiger partial charge is 0.337 e. The second-order valence-corrected chi connectivity index (χ2v) is 7.90. The first-order valence-corrected chi connectivity index (χ1v) is 10.5. The number of hydrogen-bond donors (Lipinski definition) is 2. The summed E-state index contributed by atoms with van der Waals surface area (Å²) in [5, 5.41) is 21.2. The maximum atomic E-state index is 12.2. The van der Waals surface area contributed by atoms with E-state index in [0.29, 0.717) is 17.5 Å². The molecule has 0 bridgehead atoms. The Morgan fingerprint density at radius 2 is 1.82 bits per heavy atom. The minimum absolute atomic E-state index is 0.192. The Bertz CT molecular complexity index is 1470. The highest BCUT2D eigenvalue weighted by Gasteiger charge is 2.22. The van der Waals surface area contributed by atoms with E-state index < -0.39 is 5.97 Å². The fourth-order valence-corrected chi connectivity index (χ4v) is 4.26. The molecule has 5 aromatic rings. The lowest BCUT2D eigenvalue weighted by atomic mass is 9.98. The number of carbonyl (C=O) groups is 1. The first-order valence-electron chi connectivity index (χ1n) is 10.5. The number of benzene rings is 3. The highest BCUT2D eigenvalue weighted by molar-refractivity contribution is 6.03. The minimum Gasteiger partial charge on any atom is -0.478 e. The van der Waals surface area contributed by atoms with Crippen molar-refractivity contribution in [1.82, 2.24) is 14.5 Å². The molecule has 1 unspecified atom stereocenters. The molecule has 0 spiro atoms. The zero-order chi connectivity index (χ0) is 22.8. The van der Waals surface area contributed by atoms with Crippen molar-refractivity contribution in [2.45, 2.75) is 12.5 Å². The molecule has 5 rings (SSSR count). The van der Waals surface area contributed by atoms with Gasteiger partial charge in [0.05, 0.1) is 41.5 Å². The van der Waals surface area contributed by atoms with Crippen LogP contribution in [0.1, 0.15) is 33.2 Å². The van der Waals surface area contributed by atoms with Gasteiger partial charge < -0.3 is 14.7 Å². The molecule has 0 aliphatic rings. The Kier molecular flexibility index (Phi) is 5.21. The molecule has 0 radical (unpaired) electrons. The molecule has 1 atom stereocenters. The third-order valence-corrected chi connectivity index (χ3v) is 5.91. The van der Waals surface area contributed by atoms with Crippen LogP contribution in [-0.4, -0.2) is 25.6 Å². The van der Waals surface area contributed by atoms with Crippen molar-refractivity contribution in [3.8, 4) is 17.2 Å². The summed E-state index contributed by atoms with van der Waals surface area (Å²) < 4.78 is 1.94. The number of aromatic nitrogens is 3. The lowest BCUT2D eigenvalue weighted by Gasteiger charge is -2.18. The molecule has 0 saturated heterocycles. The number of carboxylic acids is 1. The van der Waals surface area contributed by atoms with E-state index in [0.717, 1.165) is 27.6 Å². The van der Waals surface area contributed by atoms with Crippen LogP contribution in [0.4, 0.5) is 0 Å². The van der Waals surface area contributed by atoms with Gasteiger partial charge in [-0.2, -0.15) is 5.26 Å². The fourth-order valence-electron chi connectivity index (χ4n) is 4.26. The zero-order valence-corrected chi connectivity index (χ0v) is 17.6. The van der Waals surface area contributed by atoms with Gasteiger partial charge in [0, 0.05) is 18.0 Å². The summed E-state index contributed by atoms with van der Waals surface area (Å²) in [5.41, 5.74) is 4.30. The molecule has 0 amide bonds. The topological polar surface area (TPSA) is 94.7 Å². The van der Waals surface area contributed by atoms with Gasteiger partial charge in [0.25, 0.3) is 0 Å². The zero-order valence-electron chi connectivity index (χ0n) is 17.6. The summed E-state index contributed by atoms with van der Waals surface area (Å²) in [6.07, 6.45) is 7.58. The normalized spacial score (nSPS) is 11.8. The summed E-state index contributed by atoms with van der Waals surface area (Å²) in [6, 6.07) is 23.3. The van der Waals surface area contributed by atoms with Gasteiger partial charge in [0.2, 0.25) is 0 Å². The lowest BCUT2D eigenvalue weighted by Crippen LogP contribution is -2.12. The molecular weight excluding hydrogens is 412 g/mol. The SMILES string of the molecule is N#Cc1ccc(CC(c2cnc[nH]2)n2cc(C(=O)O)c(-c3cccc4ccccc34)c2)cc1. The standard InChI is InChI=1S/C27H20N4O2/c28-13-19-10-8-18(9-11-19)12-26(25-14-29-17-30-25)31-15-23(24(16-31)27(32)33)22-7-3-5-20-4-1-2-6-21(20)22/h1-11,14-17,26H,12H2,(H,29,30)(H,32,33). The maximum absolute atomic E-state index is 12.2. The quantitative estimate of drug-likeness (QED) is 0.374. The van der Waals surface area contributed by atoms with E-state index in [1.807, 2.05) is 65.4 Å². The summed E-state index contributed by atoms with van der Waals surface area (Å²) in [6.45, 7) is 0. The number of nitrogens with zero attached hydrogens (tertiary/aromatic N) is 3. The van der Waals surface area contributed by atoms with E-state index in [1.54, 1.807) is 30.9 Å². The Labute approximate surface area is 190 Å². The van der Waals surface area contributed by atoms with E-state index >= 15 is 0 Å². The molecule has 33 heavy (non-hydrogen) atoms. The Hall–Kier alpha value is -4.63. The number of rotatable bonds is 6. The number of carboxylic acid groups (broad SMARTS) is 1. The van der Waals surface area contributed by atoms with Crippen molar-refractivity contribution in [2.75, 3.05) is 0 Å². The lowest BCUT2D eigenvalue weighted by molar-refractivity contribution is 0.0697. The number of aromatic amines is 1. The monoisotopic (exact) mass is 432 g/mol. The van der Waals surface area contributed by atoms with Crippen LogP contribution in [0, 0.1) is 11.3 Å². The average Bonchev–Trinajstić information content (AvgIpc) is 3.53. The molecule has 3 aromatic carbocycles. The fraction of sp³-hybridized carbons (Fsp3) is 0.0741. The summed E-state index contributed by atoms with van der Waals surface area (Å²) in [5.74, 6) is -0.974. The van der Waals surface area contributed by atoms with Crippen molar-refractivity contribution in [3.63, 3.8) is 0 Å². The van der Waals surface area contributed by atoms with E-state index in [-0.39, 0.29) is 11.6 Å². The molecule has 0 aliphatic heterocycles. The second kappa shape index (κ2) is 8.48. The molecule has 0 saturated carbocycles. The van der Waals surface area contributed by atoms with Crippen molar-refractivity contribution < 1.29 is 9.90 Å². The Balaban J connectivity index is 1.63. The highest BCUT2D eigenvalue weighted by atomic mass is 16.4. The van der Waals surface area contributed by atoms with Crippen LogP contribution in [0.5, 0.6) is 0 Å². The van der Waals surface area contributed by atoms with Crippen LogP contribution in [0.3, 0.4) is 0 Å². The molecule has 2 aromatic heterocycles. The molecule has 0 aliphatic carbocycles. The largest absolute Gasteiger partial charge is 0.478 e. The maximum Gasteiger partial charge on any atom is 0.337 e. The van der Waals surface area contributed by atoms with Gasteiger partial charge in [-0.25, -0.2) is 9.78 Å². The Morgan fingerprint density at radius 1 is 1.03 bits per heavy atom. The molecular formula is C27H20N4O2. The first-order chi connectivity index (χ1) is 16.1. The van der Waals surface area contributed by atoms with Crippen LogP contribution in [0.25, 0.3) is 21.9 Å². The number of nitriles is 1. The van der Waals surface area contributed by atoms with Crippen molar-refractivity contribution in [2.24, 2.45) is 0 Å². The summed E-state index contributed by atoms with van der Waals surface area (Å²) in [7, 11) is 0. The molecule has 6 nitrogen and oxygen atoms in total. The van der Waals surface area contributed by atoms with Gasteiger partial charge in [0.15, 0.2) is 0 Å². The van der Waals surface area contributed by atoms with Crippen LogP contribution >= 0.6 is 0 Å². The predicted octanol–water partition coefficient (Wildman–Crippen LogP) is 5.43. The molecule has 2 heterocycles. The van der Waals surface area contributed by atoms with Crippen molar-refractivity contribution in [1.29, 1.82) is 5.26 Å². The molecule has 0 fully saturated rings. The van der Waals surface area contributed by atoms with Crippen LogP contribution in [0.15, 0.2) is 91.6 Å². The number of H-pyrrole nitrogens is 1. The third-order valence-electron chi connectivity index (χ3n) is 5.91. The van der Waals surface area contributed by atoms with Gasteiger partial charge in [-0.1, -0.05) is 54.6 Å². The third kappa shape index (κ3) is 3.88. The summed E-state index contributed by atoms with van der Waals surface area (Å²) in [4.78, 5) is 19.6. The molecule has 6 heteroatoms. The number of imidazole rings is 1. The van der Waals surface area contributed by atoms with E-state index in [2.05, 4.69) is 16.0 Å². The van der Waals surface area contributed by atoms with Crippen LogP contribution in [-0.2, 0) is 6.42 Å². The van der Waals surface area contributed by atoms with Gasteiger partial charge in [-0.05, 0) is 40.5 Å². The van der Waals surface area contributed by atoms with Gasteiger partial charge in [0.1, 0.15) is 0 Å². The highest BCUT2D eigenvalue weighted by Crippen LogP contribution is 2.34. The van der Waals surface area contributed by atoms with E-state index in [9.17, 15) is 9.90 Å². The first kappa shape index (κ1) is 20.3. The van der Waals surface area contributed by atoms with Crippen LogP contribution < -0.4 is 0 Å². The number of fused-ring (bicyclic) bond motifs is 1. The van der Waals surface area contributed by atoms with Crippen molar-refractivity contribution >= 4 is 16.7 Å². The summed E-state index contributed by atoms with van der Waals surface area (Å²) >= 11 is 0. The Morgan fingerprint density at radius 3 is 2.55 bits per heavy atom. The van der Waals surface area contributed by atoms with Gasteiger partial charge in [-0.3, -0.25) is 0 Å². The average molecular weight is 432 g/mol. The minimum atomic E-state index is -0.974. The van der Waals surface area contributed by atoms with Gasteiger partial charge >= 0.3 is 5.97 Å². The van der Waals surface area contributed by atoms with Crippen molar-refractivity contribution in [3.05, 3.63) is 114 Å². The molecule has 160 valence electrons. The van der Waals surface area contributed by atoms with E-state index in [4.69, 9.17) is 5.26 Å². The van der Waals surface area contributed by atoms with Crippen LogP contribution in [0.2, 0.25) is 0 Å². The van der Waals surface area contributed by atoms with Gasteiger partial charge in [-0.15, -0.1) is 0 Å². The molecule has 2 N–H and O–H groups in total. The number of nitrogens with one attached hydrogen (secondary N) is 1. The number of hydrogen-bond acceptors (Lipinski definition) is 3.